The number of halogens is 3. The van der Waals surface area contributed by atoms with Crippen LogP contribution in [0.25, 0.3) is 0 Å². The van der Waals surface area contributed by atoms with Crippen LogP contribution in [-0.4, -0.2) is 4.57 Å². The van der Waals surface area contributed by atoms with Crippen LogP contribution in [0.1, 0.15) is 17.9 Å². The Morgan fingerprint density at radius 3 is 2.58 bits per heavy atom. The van der Waals surface area contributed by atoms with Crippen LogP contribution in [-0.2, 0) is 0 Å². The minimum Gasteiger partial charge on any atom is -0.278 e. The molecule has 0 aromatic carbocycles. The standard InChI is InChI=1S/C7H5BrF2N2/c1-4-6(8)2-5(3-11)12(4)7(9)10/h2,7H,1H3. The van der Waals surface area contributed by atoms with Gasteiger partial charge in [-0.2, -0.15) is 14.0 Å². The van der Waals surface area contributed by atoms with E-state index in [-0.39, 0.29) is 5.69 Å². The molecule has 0 fully saturated rings. The second kappa shape index (κ2) is 3.23. The first kappa shape index (κ1) is 9.20. The van der Waals surface area contributed by atoms with Crippen molar-refractivity contribution < 1.29 is 8.78 Å². The highest BCUT2D eigenvalue weighted by Gasteiger charge is 2.16. The lowest BCUT2D eigenvalue weighted by Crippen LogP contribution is -2.02. The van der Waals surface area contributed by atoms with Crippen molar-refractivity contribution in [1.82, 2.24) is 4.57 Å². The lowest BCUT2D eigenvalue weighted by atomic mass is 10.4. The van der Waals surface area contributed by atoms with Gasteiger partial charge in [0.2, 0.25) is 0 Å². The van der Waals surface area contributed by atoms with E-state index >= 15 is 0 Å². The summed E-state index contributed by atoms with van der Waals surface area (Å²) >= 11 is 3.07. The molecule has 0 radical (unpaired) electrons. The number of hydrogen-bond donors (Lipinski definition) is 0. The molecular formula is C7H5BrF2N2. The van der Waals surface area contributed by atoms with Crippen LogP contribution >= 0.6 is 15.9 Å². The third kappa shape index (κ3) is 1.34. The molecule has 1 aromatic heterocycles. The predicted molar refractivity (Wildman–Crippen MR) is 42.8 cm³/mol. The molecule has 5 heteroatoms. The van der Waals surface area contributed by atoms with Crippen molar-refractivity contribution in [3.8, 4) is 6.07 Å². The molecule has 0 saturated heterocycles. The van der Waals surface area contributed by atoms with Crippen LogP contribution in [0, 0.1) is 18.3 Å². The highest BCUT2D eigenvalue weighted by atomic mass is 79.9. The van der Waals surface area contributed by atoms with E-state index in [0.29, 0.717) is 14.7 Å². The molecule has 1 rings (SSSR count). The monoisotopic (exact) mass is 234 g/mol. The lowest BCUT2D eigenvalue weighted by molar-refractivity contribution is 0.0677. The molecule has 1 aromatic rings. The van der Waals surface area contributed by atoms with Gasteiger partial charge in [-0.25, -0.2) is 0 Å². The third-order valence-electron chi connectivity index (χ3n) is 1.54. The zero-order valence-corrected chi connectivity index (χ0v) is 7.77. The maximum Gasteiger partial charge on any atom is 0.319 e. The number of rotatable bonds is 1. The van der Waals surface area contributed by atoms with Crippen LogP contribution < -0.4 is 0 Å². The number of nitrogens with zero attached hydrogens (tertiary/aromatic N) is 2. The molecule has 0 amide bonds. The lowest BCUT2D eigenvalue weighted by Gasteiger charge is -2.04. The smallest absolute Gasteiger partial charge is 0.278 e. The van der Waals surface area contributed by atoms with E-state index in [4.69, 9.17) is 5.26 Å². The van der Waals surface area contributed by atoms with Gasteiger partial charge in [0.1, 0.15) is 11.8 Å². The van der Waals surface area contributed by atoms with Gasteiger partial charge in [0, 0.05) is 10.2 Å². The molecule has 0 saturated carbocycles. The van der Waals surface area contributed by atoms with E-state index < -0.39 is 6.55 Å². The molecule has 0 aliphatic heterocycles. The Kier molecular flexibility index (Phi) is 2.48. The van der Waals surface area contributed by atoms with E-state index in [1.807, 2.05) is 0 Å². The molecule has 1 heterocycles. The van der Waals surface area contributed by atoms with Gasteiger partial charge in [-0.1, -0.05) is 0 Å². The second-order valence-electron chi connectivity index (χ2n) is 2.22. The van der Waals surface area contributed by atoms with Gasteiger partial charge in [-0.3, -0.25) is 4.57 Å². The topological polar surface area (TPSA) is 28.7 Å². The van der Waals surface area contributed by atoms with Crippen molar-refractivity contribution in [3.05, 3.63) is 21.9 Å². The van der Waals surface area contributed by atoms with Crippen molar-refractivity contribution in [3.63, 3.8) is 0 Å². The Balaban J connectivity index is 3.34. The summed E-state index contributed by atoms with van der Waals surface area (Å²) in [5.74, 6) is 0. The van der Waals surface area contributed by atoms with Gasteiger partial charge in [0.25, 0.3) is 0 Å². The number of aromatic nitrogens is 1. The minimum atomic E-state index is -2.66. The fourth-order valence-corrected chi connectivity index (χ4v) is 1.34. The van der Waals surface area contributed by atoms with Gasteiger partial charge < -0.3 is 0 Å². The molecule has 0 aliphatic carbocycles. The quantitative estimate of drug-likeness (QED) is 0.735. The molecule has 0 atom stereocenters. The molecule has 2 nitrogen and oxygen atoms in total. The average molecular weight is 235 g/mol. The molecule has 64 valence electrons. The number of alkyl halides is 2. The Hall–Kier alpha value is -0.890. The predicted octanol–water partition coefficient (Wildman–Crippen LogP) is 2.83. The summed E-state index contributed by atoms with van der Waals surface area (Å²) in [6.07, 6.45) is 0. The van der Waals surface area contributed by atoms with E-state index in [1.165, 1.54) is 13.0 Å². The molecule has 0 N–H and O–H groups in total. The minimum absolute atomic E-state index is 0.0330. The summed E-state index contributed by atoms with van der Waals surface area (Å²) in [6.45, 7) is -1.14. The summed E-state index contributed by atoms with van der Waals surface area (Å²) in [7, 11) is 0. The van der Waals surface area contributed by atoms with Crippen LogP contribution in [0.2, 0.25) is 0 Å². The molecule has 0 unspecified atom stereocenters. The van der Waals surface area contributed by atoms with Crippen molar-refractivity contribution in [2.45, 2.75) is 13.5 Å². The second-order valence-corrected chi connectivity index (χ2v) is 3.08. The molecule has 0 bridgehead atoms. The summed E-state index contributed by atoms with van der Waals surface area (Å²) in [5.41, 5.74) is 0.330. The van der Waals surface area contributed by atoms with E-state index in [9.17, 15) is 8.78 Å². The Bertz CT molecular complexity index is 338. The van der Waals surface area contributed by atoms with Crippen LogP contribution in [0.15, 0.2) is 10.5 Å². The van der Waals surface area contributed by atoms with Crippen LogP contribution in [0.4, 0.5) is 8.78 Å². The SMILES string of the molecule is Cc1c(Br)cc(C#N)n1C(F)F. The van der Waals surface area contributed by atoms with E-state index in [2.05, 4.69) is 15.9 Å². The van der Waals surface area contributed by atoms with Crippen LogP contribution in [0.5, 0.6) is 0 Å². The van der Waals surface area contributed by atoms with Gasteiger partial charge in [-0.05, 0) is 28.9 Å². The van der Waals surface area contributed by atoms with Crippen LogP contribution in [0.3, 0.4) is 0 Å². The van der Waals surface area contributed by atoms with E-state index in [1.54, 1.807) is 6.07 Å². The largest absolute Gasteiger partial charge is 0.319 e. The Morgan fingerprint density at radius 2 is 2.25 bits per heavy atom. The van der Waals surface area contributed by atoms with Crippen molar-refractivity contribution in [2.75, 3.05) is 0 Å². The molecule has 12 heavy (non-hydrogen) atoms. The summed E-state index contributed by atoms with van der Waals surface area (Å²) in [4.78, 5) is 0. The first-order chi connectivity index (χ1) is 5.57. The highest BCUT2D eigenvalue weighted by Crippen LogP contribution is 2.25. The van der Waals surface area contributed by atoms with Crippen molar-refractivity contribution >= 4 is 15.9 Å². The van der Waals surface area contributed by atoms with Gasteiger partial charge in [-0.15, -0.1) is 0 Å². The summed E-state index contributed by atoms with van der Waals surface area (Å²) in [5, 5.41) is 8.48. The first-order valence-electron chi connectivity index (χ1n) is 3.13. The molecular weight excluding hydrogens is 230 g/mol. The normalized spacial score (nSPS) is 10.3. The fourth-order valence-electron chi connectivity index (χ4n) is 0.927. The average Bonchev–Trinajstić information content (AvgIpc) is 2.28. The third-order valence-corrected chi connectivity index (χ3v) is 2.34. The maximum absolute atomic E-state index is 12.3. The van der Waals surface area contributed by atoms with Crippen molar-refractivity contribution in [2.24, 2.45) is 0 Å². The Labute approximate surface area is 76.5 Å². The summed E-state index contributed by atoms with van der Waals surface area (Å²) in [6, 6.07) is 3.07. The van der Waals surface area contributed by atoms with Crippen molar-refractivity contribution in [1.29, 1.82) is 5.26 Å². The maximum atomic E-state index is 12.3. The van der Waals surface area contributed by atoms with Gasteiger partial charge in [0.05, 0.1) is 0 Å². The Morgan fingerprint density at radius 1 is 1.67 bits per heavy atom. The number of hydrogen-bond acceptors (Lipinski definition) is 1. The molecule has 0 spiro atoms. The number of nitriles is 1. The summed E-state index contributed by atoms with van der Waals surface area (Å²) < 4.78 is 25.8. The highest BCUT2D eigenvalue weighted by molar-refractivity contribution is 9.10. The fraction of sp³-hybridized carbons (Fsp3) is 0.286. The zero-order chi connectivity index (χ0) is 9.30. The van der Waals surface area contributed by atoms with Gasteiger partial charge in [0.15, 0.2) is 0 Å². The molecule has 0 aliphatic rings. The zero-order valence-electron chi connectivity index (χ0n) is 6.18. The van der Waals surface area contributed by atoms with E-state index in [0.717, 1.165) is 0 Å². The van der Waals surface area contributed by atoms with Gasteiger partial charge >= 0.3 is 6.55 Å². The first-order valence-corrected chi connectivity index (χ1v) is 3.92.